The van der Waals surface area contributed by atoms with Crippen LogP contribution in [0.2, 0.25) is 10.0 Å². The van der Waals surface area contributed by atoms with Gasteiger partial charge in [0.25, 0.3) is 0 Å². The van der Waals surface area contributed by atoms with Gasteiger partial charge in [-0.25, -0.2) is 4.98 Å². The molecule has 3 rings (SSSR count). The number of benzene rings is 1. The predicted molar refractivity (Wildman–Crippen MR) is 92.8 cm³/mol. The van der Waals surface area contributed by atoms with Gasteiger partial charge < -0.3 is 10.2 Å². The molecule has 0 radical (unpaired) electrons. The number of hydrogen-bond donors (Lipinski definition) is 1. The van der Waals surface area contributed by atoms with Crippen molar-refractivity contribution in [1.82, 2.24) is 10.3 Å². The van der Waals surface area contributed by atoms with E-state index in [1.807, 2.05) is 30.5 Å². The van der Waals surface area contributed by atoms with Crippen molar-refractivity contribution in [2.75, 3.05) is 18.0 Å². The normalized spacial score (nSPS) is 16.0. The molecule has 5 heteroatoms. The lowest BCUT2D eigenvalue weighted by Crippen LogP contribution is -2.42. The smallest absolute Gasteiger partial charge is 0.128 e. The zero-order valence-electron chi connectivity index (χ0n) is 12.3. The number of piperidine rings is 1. The van der Waals surface area contributed by atoms with Crippen molar-refractivity contribution in [3.05, 3.63) is 58.2 Å². The van der Waals surface area contributed by atoms with Crippen molar-refractivity contribution in [1.29, 1.82) is 0 Å². The Labute approximate surface area is 141 Å². The van der Waals surface area contributed by atoms with E-state index in [2.05, 4.69) is 21.3 Å². The van der Waals surface area contributed by atoms with Gasteiger partial charge in [-0.1, -0.05) is 35.3 Å². The van der Waals surface area contributed by atoms with Gasteiger partial charge in [-0.05, 0) is 42.7 Å². The highest BCUT2D eigenvalue weighted by molar-refractivity contribution is 6.35. The summed E-state index contributed by atoms with van der Waals surface area (Å²) in [6.45, 7) is 2.84. The molecule has 1 aliphatic rings. The van der Waals surface area contributed by atoms with Crippen molar-refractivity contribution < 1.29 is 0 Å². The predicted octanol–water partition coefficient (Wildman–Crippen LogP) is 4.15. The van der Waals surface area contributed by atoms with Crippen LogP contribution in [-0.2, 0) is 6.54 Å². The van der Waals surface area contributed by atoms with Crippen LogP contribution in [0, 0.1) is 0 Å². The van der Waals surface area contributed by atoms with Crippen molar-refractivity contribution in [2.24, 2.45) is 0 Å². The SMILES string of the molecule is Clc1ccc(CNC2CCN(c3ccccn3)CC2)c(Cl)c1. The molecule has 22 heavy (non-hydrogen) atoms. The Morgan fingerprint density at radius 1 is 1.14 bits per heavy atom. The average Bonchev–Trinajstić information content (AvgIpc) is 2.55. The Bertz CT molecular complexity index is 611. The topological polar surface area (TPSA) is 28.2 Å². The first kappa shape index (κ1) is 15.6. The van der Waals surface area contributed by atoms with E-state index in [-0.39, 0.29) is 0 Å². The molecule has 0 aliphatic carbocycles. The molecular formula is C17H19Cl2N3. The maximum absolute atomic E-state index is 6.21. The van der Waals surface area contributed by atoms with E-state index in [4.69, 9.17) is 23.2 Å². The molecule has 1 fully saturated rings. The molecule has 0 spiro atoms. The van der Waals surface area contributed by atoms with Crippen LogP contribution in [0.4, 0.5) is 5.82 Å². The van der Waals surface area contributed by atoms with Gasteiger partial charge in [0.1, 0.15) is 5.82 Å². The van der Waals surface area contributed by atoms with Crippen LogP contribution in [-0.4, -0.2) is 24.1 Å². The molecule has 0 atom stereocenters. The Kier molecular flexibility index (Phi) is 5.19. The van der Waals surface area contributed by atoms with Crippen LogP contribution >= 0.6 is 23.2 Å². The molecule has 0 unspecified atom stereocenters. The number of anilines is 1. The van der Waals surface area contributed by atoms with Crippen molar-refractivity contribution in [2.45, 2.75) is 25.4 Å². The van der Waals surface area contributed by atoms with E-state index in [1.165, 1.54) is 0 Å². The summed E-state index contributed by atoms with van der Waals surface area (Å²) < 4.78 is 0. The Morgan fingerprint density at radius 2 is 1.95 bits per heavy atom. The monoisotopic (exact) mass is 335 g/mol. The summed E-state index contributed by atoms with van der Waals surface area (Å²) in [6.07, 6.45) is 4.08. The van der Waals surface area contributed by atoms with Gasteiger partial charge >= 0.3 is 0 Å². The summed E-state index contributed by atoms with van der Waals surface area (Å²) in [5.41, 5.74) is 1.10. The van der Waals surface area contributed by atoms with Gasteiger partial charge in [0, 0.05) is 41.9 Å². The van der Waals surface area contributed by atoms with E-state index < -0.39 is 0 Å². The summed E-state index contributed by atoms with van der Waals surface area (Å²) in [5, 5.41) is 5.00. The minimum absolute atomic E-state index is 0.520. The number of halogens is 2. The number of nitrogens with one attached hydrogen (secondary N) is 1. The number of aromatic nitrogens is 1. The van der Waals surface area contributed by atoms with Gasteiger partial charge in [0.05, 0.1) is 0 Å². The fourth-order valence-corrected chi connectivity index (χ4v) is 3.25. The lowest BCUT2D eigenvalue weighted by Gasteiger charge is -2.33. The first-order chi connectivity index (χ1) is 10.7. The van der Waals surface area contributed by atoms with Crippen LogP contribution in [0.15, 0.2) is 42.6 Å². The largest absolute Gasteiger partial charge is 0.357 e. The molecule has 1 aromatic carbocycles. The van der Waals surface area contributed by atoms with Crippen molar-refractivity contribution >= 4 is 29.0 Å². The molecule has 0 bridgehead atoms. The van der Waals surface area contributed by atoms with Gasteiger partial charge in [-0.2, -0.15) is 0 Å². The molecule has 2 aromatic rings. The van der Waals surface area contributed by atoms with E-state index >= 15 is 0 Å². The van der Waals surface area contributed by atoms with Gasteiger partial charge in [-0.3, -0.25) is 0 Å². The maximum Gasteiger partial charge on any atom is 0.128 e. The molecule has 2 heterocycles. The highest BCUT2D eigenvalue weighted by Crippen LogP contribution is 2.22. The zero-order valence-corrected chi connectivity index (χ0v) is 13.8. The molecular weight excluding hydrogens is 317 g/mol. The molecule has 1 N–H and O–H groups in total. The first-order valence-electron chi connectivity index (χ1n) is 7.55. The quantitative estimate of drug-likeness (QED) is 0.909. The van der Waals surface area contributed by atoms with Gasteiger partial charge in [-0.15, -0.1) is 0 Å². The highest BCUT2D eigenvalue weighted by atomic mass is 35.5. The number of pyridine rings is 1. The summed E-state index contributed by atoms with van der Waals surface area (Å²) in [5.74, 6) is 1.07. The maximum atomic E-state index is 6.21. The van der Waals surface area contributed by atoms with Crippen LogP contribution in [0.1, 0.15) is 18.4 Å². The third kappa shape index (κ3) is 3.92. The van der Waals surface area contributed by atoms with E-state index in [0.717, 1.165) is 48.9 Å². The number of rotatable bonds is 4. The minimum Gasteiger partial charge on any atom is -0.357 e. The van der Waals surface area contributed by atoms with Crippen LogP contribution in [0.5, 0.6) is 0 Å². The van der Waals surface area contributed by atoms with Gasteiger partial charge in [0.2, 0.25) is 0 Å². The van der Waals surface area contributed by atoms with E-state index in [9.17, 15) is 0 Å². The van der Waals surface area contributed by atoms with E-state index in [1.54, 1.807) is 6.07 Å². The third-order valence-corrected chi connectivity index (χ3v) is 4.65. The number of nitrogens with zero attached hydrogens (tertiary/aromatic N) is 2. The molecule has 1 aromatic heterocycles. The second kappa shape index (κ2) is 7.32. The molecule has 0 amide bonds. The molecule has 1 aliphatic heterocycles. The summed E-state index contributed by atoms with van der Waals surface area (Å²) >= 11 is 12.1. The lowest BCUT2D eigenvalue weighted by molar-refractivity contribution is 0.413. The Balaban J connectivity index is 1.50. The van der Waals surface area contributed by atoms with Crippen molar-refractivity contribution in [3.8, 4) is 0 Å². The zero-order chi connectivity index (χ0) is 15.4. The molecule has 116 valence electrons. The van der Waals surface area contributed by atoms with Gasteiger partial charge in [0.15, 0.2) is 0 Å². The molecule has 3 nitrogen and oxygen atoms in total. The summed E-state index contributed by atoms with van der Waals surface area (Å²) in [4.78, 5) is 6.76. The number of hydrogen-bond acceptors (Lipinski definition) is 3. The molecule has 1 saturated heterocycles. The summed E-state index contributed by atoms with van der Waals surface area (Å²) in [6, 6.07) is 12.2. The molecule has 0 saturated carbocycles. The first-order valence-corrected chi connectivity index (χ1v) is 8.31. The van der Waals surface area contributed by atoms with Crippen LogP contribution in [0.3, 0.4) is 0 Å². The van der Waals surface area contributed by atoms with Crippen molar-refractivity contribution in [3.63, 3.8) is 0 Å². The fraction of sp³-hybridized carbons (Fsp3) is 0.353. The fourth-order valence-electron chi connectivity index (χ4n) is 2.77. The minimum atomic E-state index is 0.520. The third-order valence-electron chi connectivity index (χ3n) is 4.06. The van der Waals surface area contributed by atoms with E-state index in [0.29, 0.717) is 11.1 Å². The Morgan fingerprint density at radius 3 is 2.64 bits per heavy atom. The highest BCUT2D eigenvalue weighted by Gasteiger charge is 2.19. The standard InChI is InChI=1S/C17H19Cl2N3/c18-14-5-4-13(16(19)11-14)12-21-15-6-9-22(10-7-15)17-3-1-2-8-20-17/h1-5,8,11,15,21H,6-7,9-10,12H2. The average molecular weight is 336 g/mol. The lowest BCUT2D eigenvalue weighted by atomic mass is 10.0. The van der Waals surface area contributed by atoms with Crippen LogP contribution < -0.4 is 10.2 Å². The van der Waals surface area contributed by atoms with Crippen LogP contribution in [0.25, 0.3) is 0 Å². The second-order valence-electron chi connectivity index (χ2n) is 5.57. The second-order valence-corrected chi connectivity index (χ2v) is 6.41. The summed E-state index contributed by atoms with van der Waals surface area (Å²) in [7, 11) is 0. The Hall–Kier alpha value is -1.29.